The van der Waals surface area contributed by atoms with Crippen LogP contribution in [0.5, 0.6) is 11.8 Å². The molecule has 0 saturated heterocycles. The van der Waals surface area contributed by atoms with Crippen LogP contribution >= 0.6 is 0 Å². The monoisotopic (exact) mass is 262 g/mol. The number of anilines is 1. The lowest BCUT2D eigenvalue weighted by Gasteiger charge is -2.09. The highest BCUT2D eigenvalue weighted by atomic mass is 16.7. The number of nitrogens with zero attached hydrogens (tertiary/aromatic N) is 1. The summed E-state index contributed by atoms with van der Waals surface area (Å²) >= 11 is 0. The van der Waals surface area contributed by atoms with E-state index in [1.54, 1.807) is 12.1 Å². The molecule has 0 saturated carbocycles. The van der Waals surface area contributed by atoms with Crippen molar-refractivity contribution >= 4 is 11.8 Å². The van der Waals surface area contributed by atoms with E-state index in [9.17, 15) is 15.0 Å². The van der Waals surface area contributed by atoms with Crippen molar-refractivity contribution in [2.45, 2.75) is 13.8 Å². The first-order valence-electron chi connectivity index (χ1n) is 5.63. The summed E-state index contributed by atoms with van der Waals surface area (Å²) < 4.78 is 0.621. The second-order valence-corrected chi connectivity index (χ2v) is 4.15. The van der Waals surface area contributed by atoms with Gasteiger partial charge < -0.3 is 15.1 Å². The first-order valence-corrected chi connectivity index (χ1v) is 5.63. The fourth-order valence-electron chi connectivity index (χ4n) is 1.54. The lowest BCUT2D eigenvalue weighted by Crippen LogP contribution is -2.24. The molecule has 0 aliphatic carbocycles. The van der Waals surface area contributed by atoms with Crippen molar-refractivity contribution in [3.63, 3.8) is 0 Å². The second-order valence-electron chi connectivity index (χ2n) is 4.15. The van der Waals surface area contributed by atoms with Crippen LogP contribution < -0.4 is 10.2 Å². The van der Waals surface area contributed by atoms with Crippen molar-refractivity contribution in [1.29, 1.82) is 0 Å². The highest BCUT2D eigenvalue weighted by molar-refractivity contribution is 5.85. The van der Waals surface area contributed by atoms with Crippen LogP contribution in [0.3, 0.4) is 0 Å². The molecule has 100 valence electrons. The van der Waals surface area contributed by atoms with Crippen LogP contribution in [0.1, 0.15) is 11.1 Å². The molecule has 1 amide bonds. The molecule has 2 rings (SSSR count). The van der Waals surface area contributed by atoms with Crippen molar-refractivity contribution < 1.29 is 19.8 Å². The van der Waals surface area contributed by atoms with Gasteiger partial charge >= 0.3 is 6.09 Å². The van der Waals surface area contributed by atoms with Gasteiger partial charge in [0, 0.05) is 17.8 Å². The molecule has 19 heavy (non-hydrogen) atoms. The lowest BCUT2D eigenvalue weighted by atomic mass is 10.1. The summed E-state index contributed by atoms with van der Waals surface area (Å²) in [5.74, 6) is -0.736. The maximum atomic E-state index is 11.6. The minimum atomic E-state index is -0.815. The van der Waals surface area contributed by atoms with Gasteiger partial charge in [-0.25, -0.2) is 4.79 Å². The summed E-state index contributed by atoms with van der Waals surface area (Å²) in [4.78, 5) is 16.4. The van der Waals surface area contributed by atoms with E-state index in [1.165, 1.54) is 12.1 Å². The van der Waals surface area contributed by atoms with Gasteiger partial charge in [0.1, 0.15) is 0 Å². The minimum absolute atomic E-state index is 0.368. The van der Waals surface area contributed by atoms with Gasteiger partial charge in [-0.2, -0.15) is 0 Å². The fourth-order valence-corrected chi connectivity index (χ4v) is 1.54. The molecule has 2 aromatic rings. The standard InChI is InChI=1S/C13H14N2O4/c1-8-3-4-10(7-9(8)2)14-13(18)19-15-11(16)5-6-12(15)17/h3-7,16-17H,1-2H3,(H,14,18). The molecule has 0 fully saturated rings. The Kier molecular flexibility index (Phi) is 3.33. The van der Waals surface area contributed by atoms with E-state index >= 15 is 0 Å². The molecule has 6 nitrogen and oxygen atoms in total. The van der Waals surface area contributed by atoms with Gasteiger partial charge in [-0.1, -0.05) is 6.07 Å². The van der Waals surface area contributed by atoms with E-state index in [0.29, 0.717) is 10.4 Å². The van der Waals surface area contributed by atoms with Crippen LogP contribution in [0.2, 0.25) is 0 Å². The molecule has 0 aliphatic heterocycles. The Hall–Kier alpha value is -2.63. The number of hydrogen-bond donors (Lipinski definition) is 3. The van der Waals surface area contributed by atoms with Crippen molar-refractivity contribution in [2.24, 2.45) is 0 Å². The topological polar surface area (TPSA) is 83.7 Å². The largest absolute Gasteiger partial charge is 0.492 e. The molecule has 1 aromatic heterocycles. The van der Waals surface area contributed by atoms with Crippen LogP contribution in [0.4, 0.5) is 10.5 Å². The summed E-state index contributed by atoms with van der Waals surface area (Å²) in [6.07, 6.45) is -0.815. The predicted octanol–water partition coefficient (Wildman–Crippen LogP) is 2.18. The van der Waals surface area contributed by atoms with Crippen LogP contribution in [-0.4, -0.2) is 21.0 Å². The van der Waals surface area contributed by atoms with E-state index in [0.717, 1.165) is 11.1 Å². The molecule has 1 heterocycles. The smallest absolute Gasteiger partial charge is 0.436 e. The van der Waals surface area contributed by atoms with E-state index in [1.807, 2.05) is 19.9 Å². The quantitative estimate of drug-likeness (QED) is 0.774. The van der Waals surface area contributed by atoms with E-state index < -0.39 is 6.09 Å². The fraction of sp³-hybridized carbons (Fsp3) is 0.154. The second kappa shape index (κ2) is 4.93. The van der Waals surface area contributed by atoms with Crippen LogP contribution in [0.25, 0.3) is 0 Å². The number of nitrogens with one attached hydrogen (secondary N) is 1. The molecule has 0 radical (unpaired) electrons. The van der Waals surface area contributed by atoms with Crippen molar-refractivity contribution in [3.05, 3.63) is 41.5 Å². The predicted molar refractivity (Wildman–Crippen MR) is 69.3 cm³/mol. The average Bonchev–Trinajstić information content (AvgIpc) is 2.66. The van der Waals surface area contributed by atoms with Crippen LogP contribution in [0, 0.1) is 13.8 Å². The van der Waals surface area contributed by atoms with E-state index in [2.05, 4.69) is 5.32 Å². The molecule has 0 aliphatic rings. The maximum absolute atomic E-state index is 11.6. The Bertz CT molecular complexity index is 600. The summed E-state index contributed by atoms with van der Waals surface area (Å²) in [5.41, 5.74) is 2.71. The zero-order valence-electron chi connectivity index (χ0n) is 10.5. The number of aromatic nitrogens is 1. The molecule has 0 bridgehead atoms. The van der Waals surface area contributed by atoms with Crippen molar-refractivity contribution in [1.82, 2.24) is 4.73 Å². The Morgan fingerprint density at radius 3 is 2.32 bits per heavy atom. The Balaban J connectivity index is 2.07. The van der Waals surface area contributed by atoms with E-state index in [-0.39, 0.29) is 11.8 Å². The number of carbonyl (C=O) groups excluding carboxylic acids is 1. The number of aromatic hydroxyl groups is 2. The zero-order chi connectivity index (χ0) is 14.0. The lowest BCUT2D eigenvalue weighted by molar-refractivity contribution is 0.120. The zero-order valence-corrected chi connectivity index (χ0v) is 10.5. The molecule has 3 N–H and O–H groups in total. The first-order chi connectivity index (χ1) is 8.97. The van der Waals surface area contributed by atoms with E-state index in [4.69, 9.17) is 4.84 Å². The van der Waals surface area contributed by atoms with Crippen molar-refractivity contribution in [2.75, 3.05) is 5.32 Å². The number of hydrogen-bond acceptors (Lipinski definition) is 4. The third kappa shape index (κ3) is 2.79. The number of rotatable bonds is 2. The number of amides is 1. The summed E-state index contributed by atoms with van der Waals surface area (Å²) in [7, 11) is 0. The number of benzene rings is 1. The van der Waals surface area contributed by atoms with Crippen LogP contribution in [0.15, 0.2) is 30.3 Å². The van der Waals surface area contributed by atoms with Gasteiger partial charge in [0.05, 0.1) is 0 Å². The first kappa shape index (κ1) is 12.8. The normalized spacial score (nSPS) is 10.2. The molecule has 1 aromatic carbocycles. The molecule has 0 unspecified atom stereocenters. The Labute approximate surface area is 109 Å². The van der Waals surface area contributed by atoms with Gasteiger partial charge in [-0.3, -0.25) is 5.32 Å². The summed E-state index contributed by atoms with van der Waals surface area (Å²) in [5, 5.41) is 21.1. The Morgan fingerprint density at radius 1 is 1.11 bits per heavy atom. The van der Waals surface area contributed by atoms with Gasteiger partial charge in [0.25, 0.3) is 0 Å². The minimum Gasteiger partial charge on any atom is -0.492 e. The SMILES string of the molecule is Cc1ccc(NC(=O)On2c(O)ccc2O)cc1C. The van der Waals surface area contributed by atoms with Gasteiger partial charge in [0.2, 0.25) is 11.8 Å². The van der Waals surface area contributed by atoms with Crippen LogP contribution in [-0.2, 0) is 0 Å². The van der Waals surface area contributed by atoms with Gasteiger partial charge in [-0.05, 0) is 37.1 Å². The highest BCUT2D eigenvalue weighted by Crippen LogP contribution is 2.19. The highest BCUT2D eigenvalue weighted by Gasteiger charge is 2.12. The summed E-state index contributed by atoms with van der Waals surface area (Å²) in [6, 6.07) is 7.82. The number of carbonyl (C=O) groups is 1. The molecular weight excluding hydrogens is 248 g/mol. The van der Waals surface area contributed by atoms with Gasteiger partial charge in [0.15, 0.2) is 0 Å². The number of aryl methyl sites for hydroxylation is 2. The molecule has 6 heteroatoms. The Morgan fingerprint density at radius 2 is 1.74 bits per heavy atom. The third-order valence-electron chi connectivity index (χ3n) is 2.73. The molecule has 0 spiro atoms. The third-order valence-corrected chi connectivity index (χ3v) is 2.73. The van der Waals surface area contributed by atoms with Crippen molar-refractivity contribution in [3.8, 4) is 11.8 Å². The summed E-state index contributed by atoms with van der Waals surface area (Å²) in [6.45, 7) is 3.89. The maximum Gasteiger partial charge on any atom is 0.436 e. The average molecular weight is 262 g/mol. The molecule has 0 atom stereocenters. The molecular formula is C13H14N2O4. The van der Waals surface area contributed by atoms with Gasteiger partial charge in [-0.15, -0.1) is 4.73 Å².